The largest absolute Gasteiger partial charge is 0.229 e. The molecule has 1 fully saturated rings. The van der Waals surface area contributed by atoms with E-state index in [9.17, 15) is 8.42 Å². The lowest BCUT2D eigenvalue weighted by atomic mass is 10.0. The highest BCUT2D eigenvalue weighted by Gasteiger charge is 2.22. The summed E-state index contributed by atoms with van der Waals surface area (Å²) >= 11 is 3.36. The van der Waals surface area contributed by atoms with Crippen LogP contribution in [0.5, 0.6) is 0 Å². The summed E-state index contributed by atoms with van der Waals surface area (Å²) in [5.41, 5.74) is 0. The molecule has 1 saturated heterocycles. The Bertz CT molecular complexity index is 196. The molecule has 0 saturated carbocycles. The second kappa shape index (κ2) is 3.90. The summed E-state index contributed by atoms with van der Waals surface area (Å²) in [6.45, 7) is 0. The van der Waals surface area contributed by atoms with Crippen LogP contribution in [0, 0.1) is 5.92 Å². The maximum atomic E-state index is 11.0. The summed E-state index contributed by atoms with van der Waals surface area (Å²) < 4.78 is 22.0. The molecule has 0 atom stereocenters. The van der Waals surface area contributed by atoms with Crippen molar-refractivity contribution < 1.29 is 8.42 Å². The molecular formula is C7H13BrO2S. The van der Waals surface area contributed by atoms with Crippen molar-refractivity contribution >= 4 is 25.8 Å². The van der Waals surface area contributed by atoms with Crippen molar-refractivity contribution in [3.05, 3.63) is 0 Å². The fourth-order valence-electron chi connectivity index (χ4n) is 1.38. The highest BCUT2D eigenvalue weighted by Crippen LogP contribution is 2.22. The average Bonchev–Trinajstić information content (AvgIpc) is 1.94. The van der Waals surface area contributed by atoms with Crippen LogP contribution in [0.15, 0.2) is 0 Å². The first-order valence-electron chi connectivity index (χ1n) is 3.90. The van der Waals surface area contributed by atoms with E-state index in [1.165, 1.54) is 0 Å². The molecule has 0 N–H and O–H groups in total. The zero-order valence-electron chi connectivity index (χ0n) is 6.42. The van der Waals surface area contributed by atoms with Gasteiger partial charge in [0.15, 0.2) is 0 Å². The van der Waals surface area contributed by atoms with Gasteiger partial charge in [-0.15, -0.1) is 0 Å². The molecular weight excluding hydrogens is 228 g/mol. The summed E-state index contributed by atoms with van der Waals surface area (Å²) in [4.78, 5) is 0. The van der Waals surface area contributed by atoms with Crippen LogP contribution < -0.4 is 0 Å². The van der Waals surface area contributed by atoms with Gasteiger partial charge in [-0.1, -0.05) is 15.9 Å². The van der Waals surface area contributed by atoms with E-state index in [0.717, 1.165) is 24.6 Å². The van der Waals surface area contributed by atoms with Crippen LogP contribution in [0.1, 0.15) is 19.3 Å². The quantitative estimate of drug-likeness (QED) is 0.688. The van der Waals surface area contributed by atoms with Gasteiger partial charge in [0.1, 0.15) is 9.84 Å². The van der Waals surface area contributed by atoms with Gasteiger partial charge in [-0.05, 0) is 25.2 Å². The molecule has 1 aliphatic heterocycles. The van der Waals surface area contributed by atoms with Gasteiger partial charge in [0.2, 0.25) is 0 Å². The molecule has 0 aromatic heterocycles. The molecule has 1 aliphatic rings. The Morgan fingerprint density at radius 1 is 1.27 bits per heavy atom. The molecule has 0 unspecified atom stereocenters. The van der Waals surface area contributed by atoms with Crippen LogP contribution in [0.4, 0.5) is 0 Å². The third-order valence-electron chi connectivity index (χ3n) is 2.19. The summed E-state index contributed by atoms with van der Waals surface area (Å²) in [6.07, 6.45) is 2.86. The van der Waals surface area contributed by atoms with Gasteiger partial charge in [0, 0.05) is 5.33 Å². The number of hydrogen-bond donors (Lipinski definition) is 0. The van der Waals surface area contributed by atoms with Crippen LogP contribution in [0.2, 0.25) is 0 Å². The molecule has 0 amide bonds. The van der Waals surface area contributed by atoms with Crippen molar-refractivity contribution in [2.45, 2.75) is 19.3 Å². The highest BCUT2D eigenvalue weighted by atomic mass is 79.9. The van der Waals surface area contributed by atoms with Gasteiger partial charge in [0.25, 0.3) is 0 Å². The summed E-state index contributed by atoms with van der Waals surface area (Å²) in [5, 5.41) is 0.998. The van der Waals surface area contributed by atoms with Gasteiger partial charge in [-0.2, -0.15) is 0 Å². The van der Waals surface area contributed by atoms with E-state index in [1.54, 1.807) is 0 Å². The first-order chi connectivity index (χ1) is 5.14. The van der Waals surface area contributed by atoms with E-state index in [4.69, 9.17) is 0 Å². The summed E-state index contributed by atoms with van der Waals surface area (Å²) in [5.74, 6) is 1.45. The molecule has 0 aromatic carbocycles. The maximum Gasteiger partial charge on any atom is 0.150 e. The molecule has 0 aromatic rings. The molecule has 0 bridgehead atoms. The van der Waals surface area contributed by atoms with Gasteiger partial charge in [-0.25, -0.2) is 8.42 Å². The molecule has 66 valence electrons. The molecule has 2 nitrogen and oxygen atoms in total. The number of halogens is 1. The number of alkyl halides is 1. The predicted molar refractivity (Wildman–Crippen MR) is 49.8 cm³/mol. The SMILES string of the molecule is O=S1(=O)CCC(CCBr)CC1. The lowest BCUT2D eigenvalue weighted by molar-refractivity contribution is 0.456. The summed E-state index contributed by atoms with van der Waals surface area (Å²) in [6, 6.07) is 0. The molecule has 1 rings (SSSR count). The van der Waals surface area contributed by atoms with Crippen LogP contribution in [0.25, 0.3) is 0 Å². The standard InChI is InChI=1S/C7H13BrO2S/c8-4-1-7-2-5-11(9,10)6-3-7/h7H,1-6H2. The van der Waals surface area contributed by atoms with E-state index < -0.39 is 9.84 Å². The second-order valence-corrected chi connectivity index (χ2v) is 6.17. The van der Waals surface area contributed by atoms with Crippen LogP contribution in [-0.2, 0) is 9.84 Å². The third kappa shape index (κ3) is 3.11. The van der Waals surface area contributed by atoms with E-state index in [-0.39, 0.29) is 0 Å². The molecule has 11 heavy (non-hydrogen) atoms. The normalized spacial score (nSPS) is 25.2. The van der Waals surface area contributed by atoms with E-state index in [0.29, 0.717) is 17.4 Å². The minimum Gasteiger partial charge on any atom is -0.229 e. The Balaban J connectivity index is 2.36. The summed E-state index contributed by atoms with van der Waals surface area (Å²) in [7, 11) is -2.65. The van der Waals surface area contributed by atoms with Crippen molar-refractivity contribution in [1.29, 1.82) is 0 Å². The lowest BCUT2D eigenvalue weighted by Gasteiger charge is -2.20. The van der Waals surface area contributed by atoms with Gasteiger partial charge >= 0.3 is 0 Å². The Morgan fingerprint density at radius 2 is 1.82 bits per heavy atom. The maximum absolute atomic E-state index is 11.0. The zero-order valence-corrected chi connectivity index (χ0v) is 8.83. The second-order valence-electron chi connectivity index (χ2n) is 3.07. The Morgan fingerprint density at radius 3 is 2.27 bits per heavy atom. The molecule has 4 heteroatoms. The van der Waals surface area contributed by atoms with Crippen molar-refractivity contribution in [2.75, 3.05) is 16.8 Å². The van der Waals surface area contributed by atoms with Gasteiger partial charge in [0.05, 0.1) is 11.5 Å². The fourth-order valence-corrected chi connectivity index (χ4v) is 3.62. The van der Waals surface area contributed by atoms with Gasteiger partial charge < -0.3 is 0 Å². The first-order valence-corrected chi connectivity index (χ1v) is 6.85. The zero-order chi connectivity index (χ0) is 8.32. The van der Waals surface area contributed by atoms with E-state index in [1.807, 2.05) is 0 Å². The Hall–Kier alpha value is 0.430. The fraction of sp³-hybridized carbons (Fsp3) is 1.00. The Labute approximate surface area is 76.4 Å². The number of rotatable bonds is 2. The lowest BCUT2D eigenvalue weighted by Crippen LogP contribution is -2.23. The van der Waals surface area contributed by atoms with Crippen molar-refractivity contribution in [2.24, 2.45) is 5.92 Å². The predicted octanol–water partition coefficient (Wildman–Crippen LogP) is 1.60. The smallest absolute Gasteiger partial charge is 0.150 e. The van der Waals surface area contributed by atoms with Crippen molar-refractivity contribution in [3.63, 3.8) is 0 Å². The number of sulfone groups is 1. The van der Waals surface area contributed by atoms with Crippen molar-refractivity contribution in [3.8, 4) is 0 Å². The van der Waals surface area contributed by atoms with Gasteiger partial charge in [-0.3, -0.25) is 0 Å². The van der Waals surface area contributed by atoms with E-state index in [2.05, 4.69) is 15.9 Å². The monoisotopic (exact) mass is 240 g/mol. The van der Waals surface area contributed by atoms with E-state index >= 15 is 0 Å². The van der Waals surface area contributed by atoms with Crippen LogP contribution in [-0.4, -0.2) is 25.3 Å². The topological polar surface area (TPSA) is 34.1 Å². The average molecular weight is 241 g/mol. The van der Waals surface area contributed by atoms with Crippen LogP contribution >= 0.6 is 15.9 Å². The van der Waals surface area contributed by atoms with Crippen molar-refractivity contribution in [1.82, 2.24) is 0 Å². The highest BCUT2D eigenvalue weighted by molar-refractivity contribution is 9.09. The Kier molecular flexibility index (Phi) is 3.37. The minimum atomic E-state index is -2.65. The third-order valence-corrected chi connectivity index (χ3v) is 4.36. The van der Waals surface area contributed by atoms with Crippen LogP contribution in [0.3, 0.4) is 0 Å². The first kappa shape index (κ1) is 9.52. The molecule has 0 aliphatic carbocycles. The molecule has 0 spiro atoms. The molecule has 0 radical (unpaired) electrons. The number of hydrogen-bond acceptors (Lipinski definition) is 2. The molecule has 1 heterocycles. The minimum absolute atomic E-state index is 0.407.